The quantitative estimate of drug-likeness (QED) is 0.419. The highest BCUT2D eigenvalue weighted by Gasteiger charge is 2.09. The molecule has 0 aliphatic rings. The van der Waals surface area contributed by atoms with Crippen LogP contribution in [0, 0.1) is 6.92 Å². The Bertz CT molecular complexity index is 1190. The van der Waals surface area contributed by atoms with Gasteiger partial charge in [-0.05, 0) is 42.8 Å². The van der Waals surface area contributed by atoms with Gasteiger partial charge in [0, 0.05) is 35.0 Å². The fourth-order valence-electron chi connectivity index (χ4n) is 2.95. The monoisotopic (exact) mass is 429 g/mol. The van der Waals surface area contributed by atoms with Crippen molar-refractivity contribution >= 4 is 17.5 Å². The third-order valence-electron chi connectivity index (χ3n) is 4.62. The lowest BCUT2D eigenvalue weighted by Gasteiger charge is -2.09. The molecule has 0 saturated carbocycles. The van der Waals surface area contributed by atoms with Crippen molar-refractivity contribution in [3.05, 3.63) is 107 Å². The van der Waals surface area contributed by atoms with Crippen LogP contribution in [0.4, 0.5) is 0 Å². The molecule has 6 heteroatoms. The van der Waals surface area contributed by atoms with Crippen LogP contribution in [0.1, 0.15) is 21.5 Å². The number of amides is 1. The molecule has 0 spiro atoms. The first kappa shape index (κ1) is 20.6. The Morgan fingerprint density at radius 1 is 1.00 bits per heavy atom. The molecular formula is C25H20ClN3O2. The van der Waals surface area contributed by atoms with E-state index >= 15 is 0 Å². The molecule has 1 aromatic heterocycles. The highest BCUT2D eigenvalue weighted by atomic mass is 35.5. The maximum atomic E-state index is 12.5. The molecule has 0 unspecified atom stereocenters. The zero-order valence-electron chi connectivity index (χ0n) is 16.9. The second kappa shape index (κ2) is 9.41. The van der Waals surface area contributed by atoms with Crippen LogP contribution in [0.15, 0.2) is 85.1 Å². The molecule has 0 radical (unpaired) electrons. The Kier molecular flexibility index (Phi) is 6.24. The normalized spacial score (nSPS) is 10.5. The molecule has 0 aliphatic heterocycles. The number of nitrogens with zero attached hydrogens (tertiary/aromatic N) is 2. The zero-order chi connectivity index (χ0) is 21.6. The van der Waals surface area contributed by atoms with E-state index in [1.165, 1.54) is 5.56 Å². The fraction of sp³-hybridized carbons (Fsp3) is 0.0800. The van der Waals surface area contributed by atoms with Gasteiger partial charge in [-0.2, -0.15) is 4.98 Å². The van der Waals surface area contributed by atoms with Gasteiger partial charge in [0.2, 0.25) is 5.88 Å². The van der Waals surface area contributed by atoms with Gasteiger partial charge >= 0.3 is 0 Å². The maximum absolute atomic E-state index is 12.5. The van der Waals surface area contributed by atoms with Gasteiger partial charge in [-0.25, -0.2) is 4.98 Å². The van der Waals surface area contributed by atoms with Crippen LogP contribution in [-0.4, -0.2) is 15.9 Å². The summed E-state index contributed by atoms with van der Waals surface area (Å²) >= 11 is 5.89. The summed E-state index contributed by atoms with van der Waals surface area (Å²) < 4.78 is 5.89. The number of benzene rings is 3. The van der Waals surface area contributed by atoms with Crippen molar-refractivity contribution in [3.8, 4) is 23.0 Å². The summed E-state index contributed by atoms with van der Waals surface area (Å²) in [6.45, 7) is 2.44. The van der Waals surface area contributed by atoms with E-state index < -0.39 is 0 Å². The number of halogens is 1. The third kappa shape index (κ3) is 5.47. The minimum absolute atomic E-state index is 0.191. The number of carbonyl (C=O) groups excluding carboxylic acids is 1. The summed E-state index contributed by atoms with van der Waals surface area (Å²) in [5.74, 6) is 1.31. The standard InChI is InChI=1S/C25H20ClN3O2/c1-17-5-9-19(10-6-17)24-27-14-13-23(29-24)31-22-4-2-3-20(15-22)25(30)28-16-18-7-11-21(26)12-8-18/h2-15H,16H2,1H3,(H,28,30). The van der Waals surface area contributed by atoms with Gasteiger partial charge in [-0.3, -0.25) is 4.79 Å². The summed E-state index contributed by atoms with van der Waals surface area (Å²) in [4.78, 5) is 21.3. The van der Waals surface area contributed by atoms with Crippen LogP contribution < -0.4 is 10.1 Å². The fourth-order valence-corrected chi connectivity index (χ4v) is 3.07. The highest BCUT2D eigenvalue weighted by molar-refractivity contribution is 6.30. The van der Waals surface area contributed by atoms with Crippen molar-refractivity contribution < 1.29 is 9.53 Å². The van der Waals surface area contributed by atoms with Gasteiger partial charge in [0.25, 0.3) is 5.91 Å². The molecule has 1 heterocycles. The highest BCUT2D eigenvalue weighted by Crippen LogP contribution is 2.23. The average molecular weight is 430 g/mol. The number of hydrogen-bond donors (Lipinski definition) is 1. The van der Waals surface area contributed by atoms with E-state index in [4.69, 9.17) is 16.3 Å². The van der Waals surface area contributed by atoms with Crippen molar-refractivity contribution in [1.29, 1.82) is 0 Å². The Balaban J connectivity index is 1.44. The Hall–Kier alpha value is -3.70. The molecule has 3 aromatic carbocycles. The molecular weight excluding hydrogens is 410 g/mol. The van der Waals surface area contributed by atoms with Crippen LogP contribution in [-0.2, 0) is 6.54 Å². The van der Waals surface area contributed by atoms with Gasteiger partial charge in [0.05, 0.1) is 0 Å². The van der Waals surface area contributed by atoms with E-state index in [0.717, 1.165) is 11.1 Å². The molecule has 31 heavy (non-hydrogen) atoms. The first-order chi connectivity index (χ1) is 15.1. The Morgan fingerprint density at radius 2 is 1.77 bits per heavy atom. The summed E-state index contributed by atoms with van der Waals surface area (Å²) in [6, 6.07) is 24.0. The van der Waals surface area contributed by atoms with E-state index in [1.807, 2.05) is 43.3 Å². The molecule has 4 aromatic rings. The molecule has 154 valence electrons. The maximum Gasteiger partial charge on any atom is 0.251 e. The van der Waals surface area contributed by atoms with Crippen LogP contribution in [0.5, 0.6) is 11.6 Å². The van der Waals surface area contributed by atoms with E-state index in [0.29, 0.717) is 34.6 Å². The molecule has 0 saturated heterocycles. The lowest BCUT2D eigenvalue weighted by molar-refractivity contribution is 0.0950. The van der Waals surface area contributed by atoms with Crippen LogP contribution in [0.3, 0.4) is 0 Å². The number of aromatic nitrogens is 2. The number of carbonyl (C=O) groups is 1. The lowest BCUT2D eigenvalue weighted by Crippen LogP contribution is -2.22. The summed E-state index contributed by atoms with van der Waals surface area (Å²) in [6.07, 6.45) is 1.65. The van der Waals surface area contributed by atoms with E-state index in [2.05, 4.69) is 15.3 Å². The van der Waals surface area contributed by atoms with Gasteiger partial charge in [-0.1, -0.05) is 59.6 Å². The van der Waals surface area contributed by atoms with Gasteiger partial charge in [-0.15, -0.1) is 0 Å². The van der Waals surface area contributed by atoms with Crippen LogP contribution in [0.2, 0.25) is 5.02 Å². The van der Waals surface area contributed by atoms with Crippen molar-refractivity contribution in [3.63, 3.8) is 0 Å². The van der Waals surface area contributed by atoms with Crippen LogP contribution >= 0.6 is 11.6 Å². The number of hydrogen-bond acceptors (Lipinski definition) is 4. The van der Waals surface area contributed by atoms with Crippen molar-refractivity contribution in [2.75, 3.05) is 0 Å². The number of aryl methyl sites for hydroxylation is 1. The third-order valence-corrected chi connectivity index (χ3v) is 4.88. The summed E-state index contributed by atoms with van der Waals surface area (Å²) in [5.41, 5.74) is 3.54. The number of ether oxygens (including phenoxy) is 1. The molecule has 0 aliphatic carbocycles. The second-order valence-corrected chi connectivity index (χ2v) is 7.46. The molecule has 1 N–H and O–H groups in total. The second-order valence-electron chi connectivity index (χ2n) is 7.02. The Morgan fingerprint density at radius 3 is 2.55 bits per heavy atom. The summed E-state index contributed by atoms with van der Waals surface area (Å²) in [5, 5.41) is 3.56. The predicted molar refractivity (Wildman–Crippen MR) is 121 cm³/mol. The van der Waals surface area contributed by atoms with E-state index in [-0.39, 0.29) is 5.91 Å². The minimum atomic E-state index is -0.191. The molecule has 4 rings (SSSR count). The van der Waals surface area contributed by atoms with Crippen molar-refractivity contribution in [1.82, 2.24) is 15.3 Å². The number of nitrogens with one attached hydrogen (secondary N) is 1. The zero-order valence-corrected chi connectivity index (χ0v) is 17.6. The molecule has 0 bridgehead atoms. The topological polar surface area (TPSA) is 64.1 Å². The van der Waals surface area contributed by atoms with Gasteiger partial charge in [0.15, 0.2) is 5.82 Å². The first-order valence-electron chi connectivity index (χ1n) is 9.77. The van der Waals surface area contributed by atoms with E-state index in [1.54, 1.807) is 48.7 Å². The van der Waals surface area contributed by atoms with Crippen LogP contribution in [0.25, 0.3) is 11.4 Å². The predicted octanol–water partition coefficient (Wildman–Crippen LogP) is 5.83. The minimum Gasteiger partial charge on any atom is -0.439 e. The lowest BCUT2D eigenvalue weighted by atomic mass is 10.1. The largest absolute Gasteiger partial charge is 0.439 e. The van der Waals surface area contributed by atoms with Gasteiger partial charge < -0.3 is 10.1 Å². The van der Waals surface area contributed by atoms with Crippen molar-refractivity contribution in [2.45, 2.75) is 13.5 Å². The average Bonchev–Trinajstić information content (AvgIpc) is 2.79. The molecule has 0 fully saturated rings. The smallest absolute Gasteiger partial charge is 0.251 e. The van der Waals surface area contributed by atoms with E-state index in [9.17, 15) is 4.79 Å². The van der Waals surface area contributed by atoms with Gasteiger partial charge in [0.1, 0.15) is 5.75 Å². The Labute approximate surface area is 185 Å². The molecule has 5 nitrogen and oxygen atoms in total. The SMILES string of the molecule is Cc1ccc(-c2nccc(Oc3cccc(C(=O)NCc4ccc(Cl)cc4)c3)n2)cc1. The molecule has 0 atom stereocenters. The first-order valence-corrected chi connectivity index (χ1v) is 10.2. The molecule has 1 amide bonds. The van der Waals surface area contributed by atoms with Crippen molar-refractivity contribution in [2.24, 2.45) is 0 Å². The number of rotatable bonds is 6. The summed E-state index contributed by atoms with van der Waals surface area (Å²) in [7, 11) is 0.